The highest BCUT2D eigenvalue weighted by Crippen LogP contribution is 2.33. The van der Waals surface area contributed by atoms with Gasteiger partial charge in [0, 0.05) is 24.2 Å². The first-order chi connectivity index (χ1) is 17.5. The Bertz CT molecular complexity index is 1510. The maximum Gasteiger partial charge on any atom is 0.240 e. The van der Waals surface area contributed by atoms with Gasteiger partial charge < -0.3 is 23.7 Å². The van der Waals surface area contributed by atoms with Crippen molar-refractivity contribution in [3.8, 4) is 40.3 Å². The predicted octanol–water partition coefficient (Wildman–Crippen LogP) is 1.94. The Hall–Kier alpha value is -4.10. The van der Waals surface area contributed by atoms with E-state index in [1.807, 2.05) is 6.07 Å². The van der Waals surface area contributed by atoms with Crippen molar-refractivity contribution in [1.82, 2.24) is 24.5 Å². The minimum atomic E-state index is -3.76. The molecule has 0 fully saturated rings. The Morgan fingerprint density at radius 1 is 0.944 bits per heavy atom. The molecule has 0 spiro atoms. The molecule has 0 saturated carbocycles. The number of methoxy groups -OCH3 is 2. The van der Waals surface area contributed by atoms with Crippen LogP contribution in [0.3, 0.4) is 0 Å². The van der Waals surface area contributed by atoms with Crippen LogP contribution in [0.15, 0.2) is 53.4 Å². The number of fused-ring (bicyclic) bond motifs is 2. The molecule has 4 aromatic rings. The van der Waals surface area contributed by atoms with Gasteiger partial charge in [-0.05, 0) is 36.4 Å². The molecule has 12 nitrogen and oxygen atoms in total. The highest BCUT2D eigenvalue weighted by atomic mass is 32.2. The van der Waals surface area contributed by atoms with Crippen molar-refractivity contribution in [2.24, 2.45) is 0 Å². The van der Waals surface area contributed by atoms with Gasteiger partial charge in [-0.2, -0.15) is 4.52 Å². The number of rotatable bonds is 9. The summed E-state index contributed by atoms with van der Waals surface area (Å²) in [7, 11) is -0.650. The lowest BCUT2D eigenvalue weighted by atomic mass is 10.2. The van der Waals surface area contributed by atoms with Crippen molar-refractivity contribution in [1.29, 1.82) is 0 Å². The van der Waals surface area contributed by atoms with E-state index in [1.165, 1.54) is 16.6 Å². The molecule has 0 radical (unpaired) electrons. The standard InChI is InChI=1S/C23H23N5O7S/c1-31-17-5-3-15(13-19(17)32-2)23-26-25-21-7-8-22(27-28(21)23)35-10-9-24-36(29,30)16-4-6-18-20(14-16)34-12-11-33-18/h3-8,13-14,24H,9-12H2,1-2H3. The van der Waals surface area contributed by atoms with Gasteiger partial charge in [-0.1, -0.05) is 0 Å². The highest BCUT2D eigenvalue weighted by Gasteiger charge is 2.19. The summed E-state index contributed by atoms with van der Waals surface area (Å²) < 4.78 is 56.6. The average Bonchev–Trinajstić information content (AvgIpc) is 3.33. The monoisotopic (exact) mass is 513 g/mol. The van der Waals surface area contributed by atoms with Crippen molar-refractivity contribution in [3.63, 3.8) is 0 Å². The van der Waals surface area contributed by atoms with Crippen LogP contribution >= 0.6 is 0 Å². The SMILES string of the molecule is COc1ccc(-c2nnc3ccc(OCCNS(=O)(=O)c4ccc5c(c4)OCCO5)nn23)cc1OC. The fraction of sp³-hybridized carbons (Fsp3) is 0.261. The van der Waals surface area contributed by atoms with E-state index in [1.54, 1.807) is 44.6 Å². The maximum atomic E-state index is 12.7. The van der Waals surface area contributed by atoms with E-state index in [0.29, 0.717) is 47.7 Å². The Kier molecular flexibility index (Phi) is 6.48. The van der Waals surface area contributed by atoms with Crippen molar-refractivity contribution in [2.45, 2.75) is 4.90 Å². The first-order valence-electron chi connectivity index (χ1n) is 11.0. The van der Waals surface area contributed by atoms with E-state index in [2.05, 4.69) is 20.0 Å². The summed E-state index contributed by atoms with van der Waals surface area (Å²) in [4.78, 5) is 0.0790. The molecule has 5 rings (SSSR count). The molecule has 36 heavy (non-hydrogen) atoms. The van der Waals surface area contributed by atoms with Gasteiger partial charge in [-0.15, -0.1) is 15.3 Å². The quantitative estimate of drug-likeness (QED) is 0.331. The molecular weight excluding hydrogens is 490 g/mol. The van der Waals surface area contributed by atoms with E-state index in [-0.39, 0.29) is 23.9 Å². The molecule has 188 valence electrons. The van der Waals surface area contributed by atoms with E-state index in [4.69, 9.17) is 23.7 Å². The second kappa shape index (κ2) is 9.87. The first-order valence-corrected chi connectivity index (χ1v) is 12.4. The Balaban J connectivity index is 1.26. The zero-order valence-electron chi connectivity index (χ0n) is 19.5. The molecular formula is C23H23N5O7S. The van der Waals surface area contributed by atoms with Crippen molar-refractivity contribution in [3.05, 3.63) is 48.5 Å². The fourth-order valence-corrected chi connectivity index (χ4v) is 4.64. The average molecular weight is 514 g/mol. The van der Waals surface area contributed by atoms with Gasteiger partial charge in [-0.25, -0.2) is 13.1 Å². The molecule has 0 saturated heterocycles. The molecule has 1 aliphatic rings. The van der Waals surface area contributed by atoms with Gasteiger partial charge in [0.2, 0.25) is 15.9 Å². The minimum Gasteiger partial charge on any atom is -0.493 e. The third-order valence-electron chi connectivity index (χ3n) is 5.35. The maximum absolute atomic E-state index is 12.7. The number of benzene rings is 2. The van der Waals surface area contributed by atoms with Crippen LogP contribution in [0.1, 0.15) is 0 Å². The van der Waals surface area contributed by atoms with Crippen LogP contribution in [0.2, 0.25) is 0 Å². The molecule has 2 aromatic carbocycles. The molecule has 1 aliphatic heterocycles. The summed E-state index contributed by atoms with van der Waals surface area (Å²) in [6, 6.07) is 13.2. The summed E-state index contributed by atoms with van der Waals surface area (Å²) in [5.74, 6) is 2.82. The second-order valence-corrected chi connectivity index (χ2v) is 9.35. The minimum absolute atomic E-state index is 0.0290. The predicted molar refractivity (Wildman–Crippen MR) is 127 cm³/mol. The number of hydrogen-bond acceptors (Lipinski definition) is 10. The van der Waals surface area contributed by atoms with Crippen LogP contribution in [0.4, 0.5) is 0 Å². The summed E-state index contributed by atoms with van der Waals surface area (Å²) >= 11 is 0. The number of sulfonamides is 1. The van der Waals surface area contributed by atoms with Gasteiger partial charge >= 0.3 is 0 Å². The van der Waals surface area contributed by atoms with E-state index < -0.39 is 10.0 Å². The van der Waals surface area contributed by atoms with E-state index in [0.717, 1.165) is 5.56 Å². The normalized spacial score (nSPS) is 12.9. The second-order valence-electron chi connectivity index (χ2n) is 7.59. The van der Waals surface area contributed by atoms with Crippen LogP contribution in [-0.2, 0) is 10.0 Å². The Morgan fingerprint density at radius 3 is 2.56 bits per heavy atom. The van der Waals surface area contributed by atoms with Crippen LogP contribution in [0, 0.1) is 0 Å². The van der Waals surface area contributed by atoms with Crippen molar-refractivity contribution < 1.29 is 32.1 Å². The number of ether oxygens (including phenoxy) is 5. The summed E-state index contributed by atoms with van der Waals surface area (Å²) in [5.41, 5.74) is 1.24. The lowest BCUT2D eigenvalue weighted by Crippen LogP contribution is -2.28. The largest absolute Gasteiger partial charge is 0.493 e. The summed E-state index contributed by atoms with van der Waals surface area (Å²) in [6.07, 6.45) is 0. The molecule has 0 amide bonds. The number of hydrogen-bond donors (Lipinski definition) is 1. The number of nitrogens with one attached hydrogen (secondary N) is 1. The zero-order chi connectivity index (χ0) is 25.1. The molecule has 13 heteroatoms. The van der Waals surface area contributed by atoms with Crippen molar-refractivity contribution in [2.75, 3.05) is 40.6 Å². The lowest BCUT2D eigenvalue weighted by molar-refractivity contribution is 0.171. The van der Waals surface area contributed by atoms with Gasteiger partial charge in [0.1, 0.15) is 19.8 Å². The molecule has 0 atom stereocenters. The number of nitrogens with zero attached hydrogens (tertiary/aromatic N) is 4. The third kappa shape index (κ3) is 4.70. The summed E-state index contributed by atoms with van der Waals surface area (Å²) in [5, 5.41) is 12.8. The van der Waals surface area contributed by atoms with Crippen LogP contribution in [-0.4, -0.2) is 68.8 Å². The first kappa shape index (κ1) is 23.6. The van der Waals surface area contributed by atoms with Crippen LogP contribution < -0.4 is 28.4 Å². The topological polar surface area (TPSA) is 135 Å². The van der Waals surface area contributed by atoms with Gasteiger partial charge in [0.15, 0.2) is 34.5 Å². The highest BCUT2D eigenvalue weighted by molar-refractivity contribution is 7.89. The van der Waals surface area contributed by atoms with E-state index in [9.17, 15) is 8.42 Å². The Morgan fingerprint density at radius 2 is 1.75 bits per heavy atom. The van der Waals surface area contributed by atoms with Crippen LogP contribution in [0.25, 0.3) is 17.0 Å². The molecule has 2 aromatic heterocycles. The number of aromatic nitrogens is 4. The van der Waals surface area contributed by atoms with Crippen LogP contribution in [0.5, 0.6) is 28.9 Å². The summed E-state index contributed by atoms with van der Waals surface area (Å²) in [6.45, 7) is 0.881. The Labute approximate surface area is 206 Å². The molecule has 0 bridgehead atoms. The molecule has 0 aliphatic carbocycles. The van der Waals surface area contributed by atoms with E-state index >= 15 is 0 Å². The van der Waals surface area contributed by atoms with Crippen molar-refractivity contribution >= 4 is 15.7 Å². The lowest BCUT2D eigenvalue weighted by Gasteiger charge is -2.18. The fourth-order valence-electron chi connectivity index (χ4n) is 3.61. The van der Waals surface area contributed by atoms with Gasteiger partial charge in [0.25, 0.3) is 0 Å². The van der Waals surface area contributed by atoms with Gasteiger partial charge in [0.05, 0.1) is 19.1 Å². The molecule has 1 N–H and O–H groups in total. The third-order valence-corrected chi connectivity index (χ3v) is 6.81. The molecule has 0 unspecified atom stereocenters. The smallest absolute Gasteiger partial charge is 0.240 e. The van der Waals surface area contributed by atoms with Gasteiger partial charge in [-0.3, -0.25) is 0 Å². The molecule has 3 heterocycles. The zero-order valence-corrected chi connectivity index (χ0v) is 20.3.